The number of unbranched alkanes of at least 4 members (excludes halogenated alkanes) is 1. The Bertz CT molecular complexity index is 214. The van der Waals surface area contributed by atoms with Gasteiger partial charge in [0, 0.05) is 11.7 Å². The summed E-state index contributed by atoms with van der Waals surface area (Å²) < 4.78 is 0. The Morgan fingerprint density at radius 2 is 1.82 bits per heavy atom. The minimum atomic E-state index is -1.47. The van der Waals surface area contributed by atoms with Crippen LogP contribution in [0.3, 0.4) is 0 Å². The number of ketones is 1. The molecular formula is C11H22O4S2. The van der Waals surface area contributed by atoms with Crippen LogP contribution in [0.15, 0.2) is 0 Å². The molecule has 0 aromatic rings. The highest BCUT2D eigenvalue weighted by atomic mass is 32.1. The van der Waals surface area contributed by atoms with E-state index in [1.165, 1.54) is 0 Å². The highest BCUT2D eigenvalue weighted by Crippen LogP contribution is 2.13. The Labute approximate surface area is 113 Å². The molecule has 4 nitrogen and oxygen atoms in total. The first-order valence-electron chi connectivity index (χ1n) is 5.81. The fourth-order valence-electron chi connectivity index (χ4n) is 1.43. The lowest BCUT2D eigenvalue weighted by atomic mass is 10.0. The molecule has 0 aliphatic rings. The standard InChI is InChI=1S/C11H22O4S2/c12-7-10(14)11(15)9(13)4-2-1-3-8(17)5-6-16/h8,10-12,14-17H,1-7H2/t8?,10-,11?/m0/s1. The van der Waals surface area contributed by atoms with E-state index in [-0.39, 0.29) is 6.42 Å². The lowest BCUT2D eigenvalue weighted by Crippen LogP contribution is -2.36. The fraction of sp³-hybridized carbons (Fsp3) is 0.909. The van der Waals surface area contributed by atoms with Crippen LogP contribution in [0, 0.1) is 0 Å². The first-order chi connectivity index (χ1) is 8.02. The number of Topliss-reactive ketones (excluding diaryl/α,β-unsaturated/α-hetero) is 1. The van der Waals surface area contributed by atoms with E-state index in [4.69, 9.17) is 10.2 Å². The molecule has 0 bridgehead atoms. The Morgan fingerprint density at radius 1 is 1.18 bits per heavy atom. The van der Waals surface area contributed by atoms with Gasteiger partial charge >= 0.3 is 0 Å². The molecule has 0 aliphatic carbocycles. The average Bonchev–Trinajstić information content (AvgIpc) is 2.32. The summed E-state index contributed by atoms with van der Waals surface area (Å²) in [6, 6.07) is 0. The van der Waals surface area contributed by atoms with Gasteiger partial charge in [-0.2, -0.15) is 25.3 Å². The molecule has 0 saturated carbocycles. The van der Waals surface area contributed by atoms with E-state index in [9.17, 15) is 9.90 Å². The van der Waals surface area contributed by atoms with Gasteiger partial charge in [-0.15, -0.1) is 0 Å². The Kier molecular flexibility index (Phi) is 10.3. The summed E-state index contributed by atoms with van der Waals surface area (Å²) in [4.78, 5) is 11.4. The quantitative estimate of drug-likeness (QED) is 0.298. The molecule has 2 unspecified atom stereocenters. The summed E-state index contributed by atoms with van der Waals surface area (Å²) in [7, 11) is 0. The van der Waals surface area contributed by atoms with Gasteiger partial charge in [0.2, 0.25) is 0 Å². The molecule has 0 aliphatic heterocycles. The van der Waals surface area contributed by atoms with Crippen molar-refractivity contribution in [3.63, 3.8) is 0 Å². The van der Waals surface area contributed by atoms with Gasteiger partial charge in [0.25, 0.3) is 0 Å². The van der Waals surface area contributed by atoms with Crippen LogP contribution >= 0.6 is 25.3 Å². The van der Waals surface area contributed by atoms with E-state index in [2.05, 4.69) is 25.3 Å². The van der Waals surface area contributed by atoms with E-state index in [1.54, 1.807) is 0 Å². The van der Waals surface area contributed by atoms with Crippen molar-refractivity contribution in [3.8, 4) is 0 Å². The van der Waals surface area contributed by atoms with Gasteiger partial charge in [-0.25, -0.2) is 0 Å². The second-order valence-corrected chi connectivity index (χ2v) is 5.25. The number of rotatable bonds is 10. The monoisotopic (exact) mass is 282 g/mol. The lowest BCUT2D eigenvalue weighted by molar-refractivity contribution is -0.134. The van der Waals surface area contributed by atoms with Gasteiger partial charge in [0.15, 0.2) is 5.78 Å². The molecule has 17 heavy (non-hydrogen) atoms. The summed E-state index contributed by atoms with van der Waals surface area (Å²) >= 11 is 8.48. The lowest BCUT2D eigenvalue weighted by Gasteiger charge is -2.14. The Morgan fingerprint density at radius 3 is 2.35 bits per heavy atom. The highest BCUT2D eigenvalue weighted by Gasteiger charge is 2.22. The number of aliphatic hydroxyl groups excluding tert-OH is 3. The van der Waals surface area contributed by atoms with Crippen LogP contribution in [0.1, 0.15) is 32.1 Å². The zero-order valence-electron chi connectivity index (χ0n) is 9.83. The minimum absolute atomic E-state index is 0.222. The number of thiol groups is 2. The molecule has 0 radical (unpaired) electrons. The molecule has 0 aromatic heterocycles. The summed E-state index contributed by atoms with van der Waals surface area (Å²) in [6.07, 6.45) is 0.752. The minimum Gasteiger partial charge on any atom is -0.394 e. The maximum absolute atomic E-state index is 11.4. The van der Waals surface area contributed by atoms with Gasteiger partial charge in [-0.1, -0.05) is 6.42 Å². The number of hydrogen-bond acceptors (Lipinski definition) is 6. The van der Waals surface area contributed by atoms with E-state index in [1.807, 2.05) is 0 Å². The van der Waals surface area contributed by atoms with Crippen molar-refractivity contribution in [2.24, 2.45) is 0 Å². The molecule has 3 N–H and O–H groups in total. The van der Waals surface area contributed by atoms with Crippen molar-refractivity contribution in [1.29, 1.82) is 0 Å². The van der Waals surface area contributed by atoms with Crippen LogP contribution in [0.2, 0.25) is 0 Å². The molecule has 102 valence electrons. The SMILES string of the molecule is O=C(CCCCC(S)CCS)C(O)[C@@H](O)CO. The van der Waals surface area contributed by atoms with Crippen LogP contribution in [-0.4, -0.2) is 50.9 Å². The maximum Gasteiger partial charge on any atom is 0.164 e. The molecule has 3 atom stereocenters. The van der Waals surface area contributed by atoms with Crippen LogP contribution in [0.25, 0.3) is 0 Å². The summed E-state index contributed by atoms with van der Waals surface area (Å²) in [6.45, 7) is -0.604. The molecule has 0 heterocycles. The van der Waals surface area contributed by atoms with Gasteiger partial charge in [-0.05, 0) is 25.0 Å². The molecule has 0 aromatic carbocycles. The van der Waals surface area contributed by atoms with Crippen LogP contribution in [0.4, 0.5) is 0 Å². The molecule has 0 spiro atoms. The second-order valence-electron chi connectivity index (χ2n) is 4.07. The zero-order valence-corrected chi connectivity index (χ0v) is 11.6. The molecule has 0 amide bonds. The van der Waals surface area contributed by atoms with Crippen molar-refractivity contribution >= 4 is 31.0 Å². The molecule has 0 saturated heterocycles. The van der Waals surface area contributed by atoms with Crippen molar-refractivity contribution in [2.75, 3.05) is 12.4 Å². The van der Waals surface area contributed by atoms with E-state index in [0.717, 1.165) is 25.0 Å². The second kappa shape index (κ2) is 10.2. The predicted octanol–water partition coefficient (Wildman–Crippen LogP) is 0.448. The fourth-order valence-corrected chi connectivity index (χ4v) is 2.26. The van der Waals surface area contributed by atoms with Crippen LogP contribution in [0.5, 0.6) is 0 Å². The molecule has 0 fully saturated rings. The van der Waals surface area contributed by atoms with E-state index >= 15 is 0 Å². The summed E-state index contributed by atoms with van der Waals surface area (Å²) in [5, 5.41) is 27.2. The molecule has 6 heteroatoms. The van der Waals surface area contributed by atoms with Gasteiger partial charge < -0.3 is 15.3 Å². The predicted molar refractivity (Wildman–Crippen MR) is 73.8 cm³/mol. The van der Waals surface area contributed by atoms with Gasteiger partial charge in [-0.3, -0.25) is 4.79 Å². The normalized spacial score (nSPS) is 16.5. The largest absolute Gasteiger partial charge is 0.394 e. The Balaban J connectivity index is 3.64. The number of hydrogen-bond donors (Lipinski definition) is 5. The maximum atomic E-state index is 11.4. The van der Waals surface area contributed by atoms with Crippen LogP contribution in [-0.2, 0) is 4.79 Å². The first-order valence-corrected chi connectivity index (χ1v) is 6.96. The van der Waals surface area contributed by atoms with E-state index < -0.39 is 24.6 Å². The first kappa shape index (κ1) is 17.2. The highest BCUT2D eigenvalue weighted by molar-refractivity contribution is 7.81. The molecule has 0 rings (SSSR count). The van der Waals surface area contributed by atoms with Crippen molar-refractivity contribution in [2.45, 2.75) is 49.6 Å². The number of carbonyl (C=O) groups excluding carboxylic acids is 1. The number of carbonyl (C=O) groups is 1. The average molecular weight is 282 g/mol. The molecular weight excluding hydrogens is 260 g/mol. The van der Waals surface area contributed by atoms with Crippen molar-refractivity contribution < 1.29 is 20.1 Å². The Hall–Kier alpha value is 0.250. The van der Waals surface area contributed by atoms with Crippen molar-refractivity contribution in [3.05, 3.63) is 0 Å². The van der Waals surface area contributed by atoms with Gasteiger partial charge in [0.1, 0.15) is 12.2 Å². The summed E-state index contributed by atoms with van der Waals surface area (Å²) in [5.41, 5.74) is 0. The third-order valence-corrected chi connectivity index (χ3v) is 3.33. The number of aliphatic hydroxyl groups is 3. The van der Waals surface area contributed by atoms with Gasteiger partial charge in [0.05, 0.1) is 6.61 Å². The topological polar surface area (TPSA) is 77.8 Å². The smallest absolute Gasteiger partial charge is 0.164 e. The summed E-state index contributed by atoms with van der Waals surface area (Å²) in [5.74, 6) is 0.380. The van der Waals surface area contributed by atoms with Crippen molar-refractivity contribution in [1.82, 2.24) is 0 Å². The van der Waals surface area contributed by atoms with Crippen LogP contribution < -0.4 is 0 Å². The third kappa shape index (κ3) is 8.05. The zero-order chi connectivity index (χ0) is 13.3. The third-order valence-electron chi connectivity index (χ3n) is 2.55. The van der Waals surface area contributed by atoms with E-state index in [0.29, 0.717) is 11.7 Å².